The van der Waals surface area contributed by atoms with Gasteiger partial charge in [-0.2, -0.15) is 14.0 Å². The van der Waals surface area contributed by atoms with Crippen molar-refractivity contribution in [2.75, 3.05) is 13.1 Å². The molecule has 0 radical (unpaired) electrons. The van der Waals surface area contributed by atoms with Crippen molar-refractivity contribution < 1.29 is 28.5 Å². The van der Waals surface area contributed by atoms with Crippen molar-refractivity contribution in [2.45, 2.75) is 31.4 Å². The van der Waals surface area contributed by atoms with E-state index in [0.717, 1.165) is 25.9 Å². The molecule has 76 valence electrons. The van der Waals surface area contributed by atoms with Crippen molar-refractivity contribution >= 4 is 0 Å². The summed E-state index contributed by atoms with van der Waals surface area (Å²) in [5.41, 5.74) is 0. The van der Waals surface area contributed by atoms with Gasteiger partial charge in [-0.1, -0.05) is 0 Å². The molecule has 2 fully saturated rings. The topological polar surface area (TPSA) is 81.6 Å². The van der Waals surface area contributed by atoms with E-state index < -0.39 is 16.3 Å². The van der Waals surface area contributed by atoms with Crippen molar-refractivity contribution in [3.63, 3.8) is 0 Å². The lowest BCUT2D eigenvalue weighted by atomic mass is 10.1. The van der Waals surface area contributed by atoms with Gasteiger partial charge in [0.05, 0.1) is 20.6 Å². The maximum absolute atomic E-state index is 10.4. The number of hydrogen-bond donors (Lipinski definition) is 0. The average Bonchev–Trinajstić information content (AvgIpc) is 2.50. The van der Waals surface area contributed by atoms with Crippen LogP contribution in [-0.2, 0) is 4.29 Å². The van der Waals surface area contributed by atoms with Crippen LogP contribution >= 0.6 is 0 Å². The van der Waals surface area contributed by atoms with E-state index in [9.17, 15) is 14.0 Å². The van der Waals surface area contributed by atoms with Crippen molar-refractivity contribution in [3.05, 3.63) is 0 Å². The molecule has 2 aliphatic rings. The molecule has 2 atom stereocenters. The predicted octanol–water partition coefficient (Wildman–Crippen LogP) is -2.86. The summed E-state index contributed by atoms with van der Waals surface area (Å²) in [7, 11) is -4.25. The molecule has 2 aliphatic heterocycles. The average molecular weight is 210 g/mol. The highest BCUT2D eigenvalue weighted by Gasteiger charge is 2.45. The van der Waals surface area contributed by atoms with Crippen LogP contribution in [0.5, 0.6) is 0 Å². The first kappa shape index (κ1) is 9.64. The second kappa shape index (κ2) is 3.34. The fourth-order valence-corrected chi connectivity index (χ4v) is 2.77. The molecule has 0 amide bonds. The molecule has 2 heterocycles. The van der Waals surface area contributed by atoms with Gasteiger partial charge in [-0.3, -0.25) is 4.90 Å². The molecule has 2 unspecified atom stereocenters. The van der Waals surface area contributed by atoms with Crippen LogP contribution in [0.1, 0.15) is 19.3 Å². The van der Waals surface area contributed by atoms with Crippen LogP contribution in [0.4, 0.5) is 0 Å². The summed E-state index contributed by atoms with van der Waals surface area (Å²) in [5, 5.41) is 0. The first-order valence-electron chi connectivity index (χ1n) is 4.39. The minimum atomic E-state index is -4.25. The Morgan fingerprint density at radius 2 is 1.92 bits per heavy atom. The molecule has 0 bridgehead atoms. The van der Waals surface area contributed by atoms with Gasteiger partial charge in [-0.05, 0) is 19.4 Å². The number of nitrogens with zero attached hydrogens (tertiary/aromatic N) is 1. The van der Waals surface area contributed by atoms with Gasteiger partial charge in [0.25, 0.3) is 0 Å². The third-order valence-electron chi connectivity index (χ3n) is 2.77. The molecule has 0 N–H and O–H groups in total. The van der Waals surface area contributed by atoms with Gasteiger partial charge in [0.15, 0.2) is 0 Å². The fraction of sp³-hybridized carbons (Fsp3) is 1.00. The number of rotatable bonds is 2. The van der Waals surface area contributed by atoms with Gasteiger partial charge >= 0.3 is 0 Å². The largest absolute Gasteiger partial charge is 0.297 e. The highest BCUT2D eigenvalue weighted by atomic mass is 35.7. The molecule has 0 aromatic carbocycles. The number of fused-ring (bicyclic) bond motifs is 1. The van der Waals surface area contributed by atoms with Gasteiger partial charge < -0.3 is 0 Å². The van der Waals surface area contributed by atoms with Gasteiger partial charge in [0.1, 0.15) is 0 Å². The first-order valence-corrected chi connectivity index (χ1v) is 5.63. The van der Waals surface area contributed by atoms with Crippen molar-refractivity contribution in [1.29, 1.82) is 0 Å². The highest BCUT2D eigenvalue weighted by Crippen LogP contribution is 2.30. The minimum Gasteiger partial charge on any atom is -0.297 e. The Bertz CT molecular complexity index is 195. The van der Waals surface area contributed by atoms with Crippen LogP contribution in [0.2, 0.25) is 0 Å². The first-order chi connectivity index (χ1) is 6.06. The summed E-state index contributed by atoms with van der Waals surface area (Å²) in [5.74, 6) is 0. The second-order valence-electron chi connectivity index (χ2n) is 3.54. The molecule has 2 rings (SSSR count). The molecule has 6 heteroatoms. The lowest BCUT2D eigenvalue weighted by Crippen LogP contribution is -2.63. The van der Waals surface area contributed by atoms with E-state index >= 15 is 0 Å². The van der Waals surface area contributed by atoms with E-state index in [0.29, 0.717) is 6.42 Å². The monoisotopic (exact) mass is 209 g/mol. The summed E-state index contributed by atoms with van der Waals surface area (Å²) in [6.45, 7) is 1.85. The third-order valence-corrected chi connectivity index (χ3v) is 3.21. The van der Waals surface area contributed by atoms with Crippen molar-refractivity contribution in [3.8, 4) is 0 Å². The second-order valence-corrected chi connectivity index (χ2v) is 4.47. The molecule has 0 saturated carbocycles. The van der Waals surface area contributed by atoms with E-state index in [1.54, 1.807) is 0 Å². The number of hydrogen-bond acceptors (Lipinski definition) is 5. The summed E-state index contributed by atoms with van der Waals surface area (Å²) >= 11 is 0. The predicted molar refractivity (Wildman–Crippen MR) is 34.1 cm³/mol. The van der Waals surface area contributed by atoms with E-state index in [1.807, 2.05) is 0 Å². The zero-order valence-electron chi connectivity index (χ0n) is 7.15. The lowest BCUT2D eigenvalue weighted by molar-refractivity contribution is -1.92. The zero-order chi connectivity index (χ0) is 9.47. The summed E-state index contributed by atoms with van der Waals surface area (Å²) in [4.78, 5) is 2.19. The molecular weight excluding hydrogens is 198 g/mol. The van der Waals surface area contributed by atoms with Gasteiger partial charge in [-0.25, -0.2) is 0 Å². The van der Waals surface area contributed by atoms with E-state index in [-0.39, 0.29) is 6.04 Å². The standard InChI is InChI=1S/C7H12ClNO4/c10-8(11,12)13-7-3-5-9-4-1-2-6(7)9/h6-7H,1-5H2. The van der Waals surface area contributed by atoms with E-state index in [4.69, 9.17) is 0 Å². The molecule has 0 spiro atoms. The van der Waals surface area contributed by atoms with Crippen molar-refractivity contribution in [2.24, 2.45) is 0 Å². The highest BCUT2D eigenvalue weighted by molar-refractivity contribution is 4.91. The van der Waals surface area contributed by atoms with Gasteiger partial charge in [0, 0.05) is 13.0 Å². The Morgan fingerprint density at radius 1 is 1.15 bits per heavy atom. The smallest absolute Gasteiger partial charge is 0.230 e. The normalized spacial score (nSPS) is 35.3. The van der Waals surface area contributed by atoms with E-state index in [2.05, 4.69) is 9.19 Å². The Morgan fingerprint density at radius 3 is 2.62 bits per heavy atom. The van der Waals surface area contributed by atoms with Crippen molar-refractivity contribution in [1.82, 2.24) is 4.90 Å². The molecule has 0 aliphatic carbocycles. The van der Waals surface area contributed by atoms with Crippen LogP contribution in [0.15, 0.2) is 0 Å². The van der Waals surface area contributed by atoms with Gasteiger partial charge in [-0.15, -0.1) is 0 Å². The Balaban J connectivity index is 1.94. The van der Waals surface area contributed by atoms with Crippen LogP contribution in [0, 0.1) is 10.2 Å². The zero-order valence-corrected chi connectivity index (χ0v) is 7.90. The molecular formula is C7H12ClNO4. The van der Waals surface area contributed by atoms with Crippen LogP contribution in [0.3, 0.4) is 0 Å². The van der Waals surface area contributed by atoms with Crippen LogP contribution in [0.25, 0.3) is 0 Å². The molecule has 5 nitrogen and oxygen atoms in total. The molecule has 0 aromatic rings. The Hall–Kier alpha value is 0.0900. The third kappa shape index (κ3) is 2.12. The lowest BCUT2D eigenvalue weighted by Gasteiger charge is -2.20. The number of halogens is 1. The van der Waals surface area contributed by atoms with Crippen LogP contribution < -0.4 is 14.0 Å². The van der Waals surface area contributed by atoms with E-state index in [1.165, 1.54) is 0 Å². The molecule has 2 saturated heterocycles. The Kier molecular flexibility index (Phi) is 2.48. The summed E-state index contributed by atoms with van der Waals surface area (Å²) in [6.07, 6.45) is 2.25. The SMILES string of the molecule is [O-][Cl+3]([O-])([O-])OC1CCN2CCCC12. The summed E-state index contributed by atoms with van der Waals surface area (Å²) in [6, 6.07) is 0.149. The quantitative estimate of drug-likeness (QED) is 0.489. The minimum absolute atomic E-state index is 0.149. The Labute approximate surface area is 78.6 Å². The maximum atomic E-state index is 10.4. The van der Waals surface area contributed by atoms with Crippen LogP contribution in [-0.4, -0.2) is 30.1 Å². The van der Waals surface area contributed by atoms with Gasteiger partial charge in [0.2, 0.25) is 6.10 Å². The fourth-order valence-electron chi connectivity index (χ4n) is 2.28. The molecule has 0 aromatic heterocycles. The summed E-state index contributed by atoms with van der Waals surface area (Å²) < 4.78 is 35.5. The molecule has 13 heavy (non-hydrogen) atoms. The maximum Gasteiger partial charge on any atom is 0.230 e.